The smallest absolute Gasteiger partial charge is 0.306 e. The number of ether oxygens (including phenoxy) is 2. The number of allylic oxidation sites excluding steroid dienone is 4. The summed E-state index contributed by atoms with van der Waals surface area (Å²) in [6, 6.07) is 0. The number of aliphatic hydroxyl groups excluding tert-OH is 4. The van der Waals surface area contributed by atoms with Crippen LogP contribution in [0.2, 0.25) is 0 Å². The van der Waals surface area contributed by atoms with E-state index in [4.69, 9.17) is 25.2 Å². The molecule has 0 saturated heterocycles. The second kappa shape index (κ2) is 69.9. The number of esters is 2. The molecule has 0 rings (SSSR count). The Kier molecular flexibility index (Phi) is 102. The fourth-order valence-corrected chi connectivity index (χ4v) is 0.709. The molecule has 0 aliphatic heterocycles. The SMILES string of the molecule is C=CC.C=CC.C=CC.C=CC.CCCCOC(=O)CCC(=O)OC.OCCO.OCCO. The fourth-order valence-electron chi connectivity index (χ4n) is 0.709. The van der Waals surface area contributed by atoms with Crippen molar-refractivity contribution in [2.75, 3.05) is 40.1 Å². The summed E-state index contributed by atoms with van der Waals surface area (Å²) in [6.45, 7) is 23.0. The van der Waals surface area contributed by atoms with Gasteiger partial charge in [0.15, 0.2) is 0 Å². The van der Waals surface area contributed by atoms with E-state index in [-0.39, 0.29) is 51.2 Å². The van der Waals surface area contributed by atoms with Crippen molar-refractivity contribution in [1.29, 1.82) is 0 Å². The van der Waals surface area contributed by atoms with Crippen molar-refractivity contribution in [3.8, 4) is 0 Å². The van der Waals surface area contributed by atoms with Gasteiger partial charge in [-0.25, -0.2) is 0 Å². The Bertz CT molecular complexity index is 337. The Morgan fingerprint density at radius 2 is 0.970 bits per heavy atom. The number of carbonyl (C=O) groups excluding carboxylic acids is 2. The van der Waals surface area contributed by atoms with E-state index in [1.54, 1.807) is 24.3 Å². The molecule has 0 spiro atoms. The van der Waals surface area contributed by atoms with Crippen LogP contribution in [0.25, 0.3) is 0 Å². The summed E-state index contributed by atoms with van der Waals surface area (Å²) < 4.78 is 9.21. The summed E-state index contributed by atoms with van der Waals surface area (Å²) in [5.74, 6) is -0.716. The average Bonchev–Trinajstić information content (AvgIpc) is 2.80. The lowest BCUT2D eigenvalue weighted by molar-refractivity contribution is -0.149. The van der Waals surface area contributed by atoms with Crippen LogP contribution in [0.4, 0.5) is 0 Å². The largest absolute Gasteiger partial charge is 0.469 e. The van der Waals surface area contributed by atoms with Crippen molar-refractivity contribution in [1.82, 2.24) is 0 Å². The molecule has 0 atom stereocenters. The molecule has 0 aliphatic rings. The highest BCUT2D eigenvalue weighted by Crippen LogP contribution is 1.96. The van der Waals surface area contributed by atoms with Crippen molar-refractivity contribution >= 4 is 11.9 Å². The zero-order valence-corrected chi connectivity index (χ0v) is 21.9. The predicted octanol–water partition coefficient (Wildman–Crippen LogP) is 3.99. The molecular weight excluding hydrogens is 428 g/mol. The average molecular weight is 481 g/mol. The molecule has 0 heterocycles. The molecule has 4 N–H and O–H groups in total. The third-order valence-corrected chi connectivity index (χ3v) is 1.72. The summed E-state index contributed by atoms with van der Waals surface area (Å²) in [7, 11) is 1.30. The zero-order valence-electron chi connectivity index (χ0n) is 21.9. The number of carbonyl (C=O) groups is 2. The maximum atomic E-state index is 10.9. The third-order valence-electron chi connectivity index (χ3n) is 1.72. The van der Waals surface area contributed by atoms with Crippen LogP contribution in [0.1, 0.15) is 60.3 Å². The molecule has 0 radical (unpaired) electrons. The second-order valence-electron chi connectivity index (χ2n) is 5.18. The highest BCUT2D eigenvalue weighted by atomic mass is 16.5. The summed E-state index contributed by atoms with van der Waals surface area (Å²) in [6.07, 6.45) is 9.06. The van der Waals surface area contributed by atoms with Gasteiger partial charge in [-0.2, -0.15) is 0 Å². The molecule has 0 aromatic heterocycles. The minimum atomic E-state index is -0.382. The number of hydrogen-bond acceptors (Lipinski definition) is 8. The molecule has 8 nitrogen and oxygen atoms in total. The maximum absolute atomic E-state index is 10.9. The first-order chi connectivity index (χ1) is 15.7. The third kappa shape index (κ3) is 166. The Balaban J connectivity index is -0.0000000558. The molecule has 0 unspecified atom stereocenters. The van der Waals surface area contributed by atoms with E-state index in [2.05, 4.69) is 31.1 Å². The van der Waals surface area contributed by atoms with Gasteiger partial charge in [0, 0.05) is 0 Å². The predicted molar refractivity (Wildman–Crippen MR) is 139 cm³/mol. The lowest BCUT2D eigenvalue weighted by atomic mass is 10.3. The van der Waals surface area contributed by atoms with Gasteiger partial charge in [-0.15, -0.1) is 26.3 Å². The van der Waals surface area contributed by atoms with Crippen LogP contribution in [-0.2, 0) is 19.1 Å². The lowest BCUT2D eigenvalue weighted by Gasteiger charge is -2.02. The molecule has 0 aromatic carbocycles. The van der Waals surface area contributed by atoms with Gasteiger partial charge in [-0.1, -0.05) is 37.6 Å². The molecule has 0 amide bonds. The Labute approximate surface area is 203 Å². The van der Waals surface area contributed by atoms with E-state index in [0.717, 1.165) is 12.8 Å². The number of unbranched alkanes of at least 4 members (excludes halogenated alkanes) is 1. The van der Waals surface area contributed by atoms with Gasteiger partial charge in [0.2, 0.25) is 0 Å². The van der Waals surface area contributed by atoms with E-state index in [1.807, 2.05) is 34.6 Å². The van der Waals surface area contributed by atoms with Gasteiger partial charge in [-0.05, 0) is 34.1 Å². The lowest BCUT2D eigenvalue weighted by Crippen LogP contribution is -2.09. The molecule has 0 aliphatic carbocycles. The minimum Gasteiger partial charge on any atom is -0.469 e. The van der Waals surface area contributed by atoms with Crippen molar-refractivity contribution in [2.24, 2.45) is 0 Å². The van der Waals surface area contributed by atoms with Gasteiger partial charge in [0.05, 0.1) is 53.0 Å². The number of aliphatic hydroxyl groups is 4. The van der Waals surface area contributed by atoms with E-state index >= 15 is 0 Å². The molecule has 0 bridgehead atoms. The number of methoxy groups -OCH3 is 1. The van der Waals surface area contributed by atoms with Crippen LogP contribution in [0, 0.1) is 0 Å². The highest BCUT2D eigenvalue weighted by molar-refractivity contribution is 5.77. The number of hydrogen-bond donors (Lipinski definition) is 4. The van der Waals surface area contributed by atoms with Crippen LogP contribution in [0.15, 0.2) is 50.6 Å². The van der Waals surface area contributed by atoms with E-state index < -0.39 is 0 Å². The Morgan fingerprint density at radius 3 is 1.18 bits per heavy atom. The molecule has 0 fully saturated rings. The summed E-state index contributed by atoms with van der Waals surface area (Å²) in [5, 5.41) is 30.5. The highest BCUT2D eigenvalue weighted by Gasteiger charge is 2.06. The van der Waals surface area contributed by atoms with E-state index in [0.29, 0.717) is 6.61 Å². The topological polar surface area (TPSA) is 134 Å². The first-order valence-corrected chi connectivity index (χ1v) is 10.6. The van der Waals surface area contributed by atoms with Gasteiger partial charge >= 0.3 is 11.9 Å². The molecule has 200 valence electrons. The van der Waals surface area contributed by atoms with Crippen LogP contribution in [-0.4, -0.2) is 72.5 Å². The molecule has 8 heteroatoms. The molecule has 0 saturated carbocycles. The second-order valence-corrected chi connectivity index (χ2v) is 5.18. The van der Waals surface area contributed by atoms with Crippen molar-refractivity contribution < 1.29 is 39.5 Å². The Hall–Kier alpha value is -2.26. The van der Waals surface area contributed by atoms with Crippen molar-refractivity contribution in [3.05, 3.63) is 50.6 Å². The van der Waals surface area contributed by atoms with E-state index in [9.17, 15) is 9.59 Å². The van der Waals surface area contributed by atoms with Crippen LogP contribution in [0.3, 0.4) is 0 Å². The van der Waals surface area contributed by atoms with Gasteiger partial charge in [-0.3, -0.25) is 9.59 Å². The van der Waals surface area contributed by atoms with Crippen LogP contribution >= 0.6 is 0 Å². The van der Waals surface area contributed by atoms with Gasteiger partial charge < -0.3 is 29.9 Å². The minimum absolute atomic E-state index is 0.0987. The molecule has 0 aromatic rings. The van der Waals surface area contributed by atoms with Gasteiger partial charge in [0.25, 0.3) is 0 Å². The monoisotopic (exact) mass is 480 g/mol. The van der Waals surface area contributed by atoms with Crippen molar-refractivity contribution in [3.63, 3.8) is 0 Å². The first-order valence-electron chi connectivity index (χ1n) is 10.6. The van der Waals surface area contributed by atoms with Crippen molar-refractivity contribution in [2.45, 2.75) is 60.3 Å². The quantitative estimate of drug-likeness (QED) is 0.233. The fraction of sp³-hybridized carbons (Fsp3) is 0.600. The van der Waals surface area contributed by atoms with Crippen LogP contribution < -0.4 is 0 Å². The standard InChI is InChI=1S/C9H16O4.4C3H6.2C2H6O2/c1-3-4-7-13-9(11)6-5-8(10)12-2;4*1-3-2;2*3-1-2-4/h3-7H2,1-2H3;4*3H,1H2,2H3;2*3-4H,1-2H2. The molecular formula is C25H52O8. The molecule has 33 heavy (non-hydrogen) atoms. The summed E-state index contributed by atoms with van der Waals surface area (Å²) in [5.41, 5.74) is 0. The Morgan fingerprint density at radius 1 is 0.697 bits per heavy atom. The van der Waals surface area contributed by atoms with E-state index in [1.165, 1.54) is 7.11 Å². The van der Waals surface area contributed by atoms with Crippen LogP contribution in [0.5, 0.6) is 0 Å². The normalized spacial score (nSPS) is 7.09. The first kappa shape index (κ1) is 48.2. The zero-order chi connectivity index (χ0) is 27.8. The summed E-state index contributed by atoms with van der Waals surface area (Å²) >= 11 is 0. The summed E-state index contributed by atoms with van der Waals surface area (Å²) in [4.78, 5) is 21.5. The maximum Gasteiger partial charge on any atom is 0.306 e. The number of rotatable bonds is 8. The van der Waals surface area contributed by atoms with Gasteiger partial charge in [0.1, 0.15) is 0 Å².